The maximum Gasteiger partial charge on any atom is 0.418 e. The molecule has 3 aliphatic heterocycles. The fraction of sp³-hybridized carbons (Fsp3) is 0.500. The SMILES string of the molecule is Cc1cc(N)nc(-c2nc(N3CCOCC3)c3c(c2Cl)OCC2CNCCN2C3=O)c1C(F)(F)F. The molecule has 0 radical (unpaired) electrons. The van der Waals surface area contributed by atoms with Gasteiger partial charge in [0.15, 0.2) is 5.75 Å². The molecule has 5 rings (SSSR count). The van der Waals surface area contributed by atoms with E-state index in [9.17, 15) is 18.0 Å². The van der Waals surface area contributed by atoms with Crippen LogP contribution in [0.4, 0.5) is 24.8 Å². The van der Waals surface area contributed by atoms with E-state index in [1.807, 2.05) is 0 Å². The minimum Gasteiger partial charge on any atom is -0.489 e. The average Bonchev–Trinajstić information content (AvgIpc) is 2.96. The molecular weight excluding hydrogens is 489 g/mol. The third-order valence-electron chi connectivity index (χ3n) is 6.38. The Labute approximate surface area is 204 Å². The van der Waals surface area contributed by atoms with Gasteiger partial charge in [0.05, 0.1) is 24.8 Å². The minimum atomic E-state index is -4.74. The Bertz CT molecular complexity index is 1170. The molecule has 1 amide bonds. The van der Waals surface area contributed by atoms with Crippen LogP contribution in [0.2, 0.25) is 5.02 Å². The van der Waals surface area contributed by atoms with Crippen molar-refractivity contribution in [1.82, 2.24) is 20.2 Å². The number of aromatic nitrogens is 2. The zero-order valence-corrected chi connectivity index (χ0v) is 19.7. The van der Waals surface area contributed by atoms with Gasteiger partial charge in [0.1, 0.15) is 40.2 Å². The number of aryl methyl sites for hydroxylation is 1. The van der Waals surface area contributed by atoms with E-state index in [0.29, 0.717) is 45.9 Å². The van der Waals surface area contributed by atoms with Crippen molar-refractivity contribution in [2.45, 2.75) is 19.1 Å². The monoisotopic (exact) mass is 512 g/mol. The van der Waals surface area contributed by atoms with E-state index in [4.69, 9.17) is 26.8 Å². The second kappa shape index (κ2) is 8.99. The van der Waals surface area contributed by atoms with E-state index in [2.05, 4.69) is 15.3 Å². The number of halogens is 4. The molecule has 0 spiro atoms. The molecule has 5 heterocycles. The largest absolute Gasteiger partial charge is 0.489 e. The fourth-order valence-electron chi connectivity index (χ4n) is 4.75. The molecule has 35 heavy (non-hydrogen) atoms. The number of ether oxygens (including phenoxy) is 2. The molecule has 188 valence electrons. The van der Waals surface area contributed by atoms with Gasteiger partial charge in [0.2, 0.25) is 0 Å². The molecule has 2 saturated heterocycles. The first kappa shape index (κ1) is 23.9. The van der Waals surface area contributed by atoms with Crippen molar-refractivity contribution in [3.63, 3.8) is 0 Å². The number of anilines is 2. The molecular formula is C22H24ClF3N6O3. The summed E-state index contributed by atoms with van der Waals surface area (Å²) in [4.78, 5) is 25.8. The lowest BCUT2D eigenvalue weighted by Crippen LogP contribution is -2.55. The van der Waals surface area contributed by atoms with Crippen LogP contribution >= 0.6 is 11.6 Å². The van der Waals surface area contributed by atoms with Gasteiger partial charge in [0.25, 0.3) is 5.91 Å². The number of alkyl halides is 3. The van der Waals surface area contributed by atoms with Crippen LogP contribution in [-0.4, -0.2) is 79.4 Å². The highest BCUT2D eigenvalue weighted by Gasteiger charge is 2.41. The molecule has 1 unspecified atom stereocenters. The molecule has 0 saturated carbocycles. The van der Waals surface area contributed by atoms with Crippen LogP contribution in [0.25, 0.3) is 11.4 Å². The Morgan fingerprint density at radius 2 is 1.94 bits per heavy atom. The first-order valence-electron chi connectivity index (χ1n) is 11.2. The molecule has 0 bridgehead atoms. The number of carbonyl (C=O) groups is 1. The first-order valence-corrected chi connectivity index (χ1v) is 11.6. The molecule has 0 aliphatic carbocycles. The highest BCUT2D eigenvalue weighted by molar-refractivity contribution is 6.35. The molecule has 1 atom stereocenters. The van der Waals surface area contributed by atoms with Gasteiger partial charge in [0, 0.05) is 32.7 Å². The van der Waals surface area contributed by atoms with Gasteiger partial charge in [-0.05, 0) is 18.6 Å². The quantitative estimate of drug-likeness (QED) is 0.632. The number of nitrogen functional groups attached to an aromatic ring is 1. The van der Waals surface area contributed by atoms with E-state index in [-0.39, 0.29) is 57.8 Å². The molecule has 2 fully saturated rings. The molecule has 9 nitrogen and oxygen atoms in total. The van der Waals surface area contributed by atoms with E-state index >= 15 is 0 Å². The molecule has 13 heteroatoms. The number of pyridine rings is 2. The standard InChI is InChI=1S/C22H24ClF3N6O3/c1-11-8-13(27)29-17(15(11)22(24,25)26)18-16(23)19-14(20(30-18)31-4-6-34-7-5-31)21(33)32-3-2-28-9-12(32)10-35-19/h8,12,28H,2-7,9-10H2,1H3,(H2,27,29). The number of fused-ring (bicyclic) bond motifs is 2. The number of morpholine rings is 1. The van der Waals surface area contributed by atoms with Crippen molar-refractivity contribution in [3.05, 3.63) is 27.8 Å². The number of amides is 1. The number of rotatable bonds is 2. The summed E-state index contributed by atoms with van der Waals surface area (Å²) in [6, 6.07) is 0.900. The van der Waals surface area contributed by atoms with Crippen LogP contribution in [0.5, 0.6) is 5.75 Å². The molecule has 3 aliphatic rings. The van der Waals surface area contributed by atoms with Crippen LogP contribution < -0.4 is 20.7 Å². The summed E-state index contributed by atoms with van der Waals surface area (Å²) >= 11 is 6.67. The van der Waals surface area contributed by atoms with E-state index in [1.54, 1.807) is 9.80 Å². The summed E-state index contributed by atoms with van der Waals surface area (Å²) in [5.74, 6) is -0.222. The van der Waals surface area contributed by atoms with Crippen LogP contribution in [0.15, 0.2) is 6.07 Å². The Morgan fingerprint density at radius 1 is 1.20 bits per heavy atom. The number of hydrogen-bond donors (Lipinski definition) is 2. The van der Waals surface area contributed by atoms with Crippen molar-refractivity contribution in [2.24, 2.45) is 0 Å². The predicted molar refractivity (Wildman–Crippen MR) is 123 cm³/mol. The summed E-state index contributed by atoms with van der Waals surface area (Å²) in [5.41, 5.74) is 4.13. The van der Waals surface area contributed by atoms with E-state index < -0.39 is 17.4 Å². The van der Waals surface area contributed by atoms with Crippen molar-refractivity contribution in [1.29, 1.82) is 0 Å². The van der Waals surface area contributed by atoms with Gasteiger partial charge in [-0.1, -0.05) is 11.6 Å². The van der Waals surface area contributed by atoms with Gasteiger partial charge >= 0.3 is 6.18 Å². The lowest BCUT2D eigenvalue weighted by Gasteiger charge is -2.35. The summed E-state index contributed by atoms with van der Waals surface area (Å²) < 4.78 is 53.8. The van der Waals surface area contributed by atoms with Crippen molar-refractivity contribution in [2.75, 3.05) is 63.2 Å². The highest BCUT2D eigenvalue weighted by Crippen LogP contribution is 2.46. The number of hydrogen-bond acceptors (Lipinski definition) is 8. The summed E-state index contributed by atoms with van der Waals surface area (Å²) in [5, 5.41) is 3.02. The van der Waals surface area contributed by atoms with Gasteiger partial charge in [-0.15, -0.1) is 0 Å². The lowest BCUT2D eigenvalue weighted by atomic mass is 10.0. The minimum absolute atomic E-state index is 0.00700. The Morgan fingerprint density at radius 3 is 2.66 bits per heavy atom. The van der Waals surface area contributed by atoms with Gasteiger partial charge in [-0.2, -0.15) is 13.2 Å². The first-order chi connectivity index (χ1) is 16.7. The topological polar surface area (TPSA) is 106 Å². The van der Waals surface area contributed by atoms with Crippen LogP contribution in [0.1, 0.15) is 21.5 Å². The van der Waals surface area contributed by atoms with Crippen LogP contribution in [0.3, 0.4) is 0 Å². The normalized spacial score (nSPS) is 20.7. The maximum atomic E-state index is 14.1. The highest BCUT2D eigenvalue weighted by atomic mass is 35.5. The van der Waals surface area contributed by atoms with Crippen molar-refractivity contribution < 1.29 is 27.4 Å². The third-order valence-corrected chi connectivity index (χ3v) is 6.73. The Hall–Kier alpha value is -2.83. The number of piperazine rings is 1. The summed E-state index contributed by atoms with van der Waals surface area (Å²) in [7, 11) is 0. The third kappa shape index (κ3) is 4.23. The second-order valence-electron chi connectivity index (χ2n) is 8.65. The summed E-state index contributed by atoms with van der Waals surface area (Å²) in [6.07, 6.45) is -4.74. The zero-order valence-electron chi connectivity index (χ0n) is 18.9. The van der Waals surface area contributed by atoms with Crippen molar-refractivity contribution >= 4 is 29.1 Å². The second-order valence-corrected chi connectivity index (χ2v) is 9.03. The van der Waals surface area contributed by atoms with E-state index in [1.165, 1.54) is 6.92 Å². The molecule has 0 aromatic carbocycles. The number of nitrogens with one attached hydrogen (secondary N) is 1. The smallest absolute Gasteiger partial charge is 0.418 e. The predicted octanol–water partition coefficient (Wildman–Crippen LogP) is 2.35. The van der Waals surface area contributed by atoms with Crippen LogP contribution in [-0.2, 0) is 10.9 Å². The van der Waals surface area contributed by atoms with Gasteiger partial charge < -0.3 is 30.3 Å². The van der Waals surface area contributed by atoms with Crippen LogP contribution in [0, 0.1) is 6.92 Å². The average molecular weight is 513 g/mol. The van der Waals surface area contributed by atoms with Gasteiger partial charge in [-0.3, -0.25) is 4.79 Å². The molecule has 3 N–H and O–H groups in total. The van der Waals surface area contributed by atoms with Gasteiger partial charge in [-0.25, -0.2) is 9.97 Å². The zero-order chi connectivity index (χ0) is 24.9. The fourth-order valence-corrected chi connectivity index (χ4v) is 5.03. The lowest BCUT2D eigenvalue weighted by molar-refractivity contribution is -0.137. The number of carbonyl (C=O) groups excluding carboxylic acids is 1. The van der Waals surface area contributed by atoms with Crippen molar-refractivity contribution in [3.8, 4) is 17.1 Å². The Balaban J connectivity index is 1.77. The maximum absolute atomic E-state index is 14.1. The Kier molecular flexibility index (Phi) is 6.14. The number of nitrogens with zero attached hydrogens (tertiary/aromatic N) is 4. The summed E-state index contributed by atoms with van der Waals surface area (Å²) in [6.45, 7) is 4.59. The van der Waals surface area contributed by atoms with E-state index in [0.717, 1.165) is 6.07 Å². The number of nitrogens with two attached hydrogens (primary N) is 1. The molecule has 2 aromatic heterocycles. The molecule has 2 aromatic rings.